The molecule has 0 bridgehead atoms. The van der Waals surface area contributed by atoms with Crippen molar-refractivity contribution >= 4 is 38.4 Å². The molecule has 1 heterocycles. The molecule has 0 saturated carbocycles. The highest BCUT2D eigenvalue weighted by Gasteiger charge is 2.20. The number of ether oxygens (including phenoxy) is 1. The lowest BCUT2D eigenvalue weighted by atomic mass is 9.90. The Labute approximate surface area is 196 Å². The molecule has 5 nitrogen and oxygen atoms in total. The second kappa shape index (κ2) is 9.49. The lowest BCUT2D eigenvalue weighted by Gasteiger charge is -2.20. The minimum Gasteiger partial charge on any atom is -0.497 e. The van der Waals surface area contributed by atoms with Gasteiger partial charge >= 0.3 is 0 Å². The van der Waals surface area contributed by atoms with Gasteiger partial charge in [-0.3, -0.25) is 4.79 Å². The second-order valence-electron chi connectivity index (χ2n) is 7.88. The zero-order valence-corrected chi connectivity index (χ0v) is 19.9. The van der Waals surface area contributed by atoms with E-state index in [1.807, 2.05) is 44.6 Å². The molecule has 0 radical (unpaired) electrons. The van der Waals surface area contributed by atoms with Gasteiger partial charge in [-0.25, -0.2) is 0 Å². The van der Waals surface area contributed by atoms with E-state index in [0.717, 1.165) is 32.2 Å². The molecule has 0 aliphatic heterocycles. The number of nitrogens with one attached hydrogen (secondary N) is 2. The number of halogens is 1. The number of fused-ring (bicyclic) bond motifs is 1. The third kappa shape index (κ3) is 4.50. The number of H-pyrrole nitrogens is 1. The van der Waals surface area contributed by atoms with Gasteiger partial charge in [0.25, 0.3) is 5.91 Å². The molecular formula is C26H26BrN3O2. The number of amides is 1. The van der Waals surface area contributed by atoms with Gasteiger partial charge in [-0.05, 0) is 63.5 Å². The fourth-order valence-corrected chi connectivity index (χ4v) is 4.32. The second-order valence-corrected chi connectivity index (χ2v) is 8.74. The lowest BCUT2D eigenvalue weighted by molar-refractivity contribution is 0.0951. The molecule has 3 aromatic carbocycles. The van der Waals surface area contributed by atoms with Crippen LogP contribution in [-0.4, -0.2) is 38.6 Å². The molecule has 1 amide bonds. The van der Waals surface area contributed by atoms with E-state index in [1.54, 1.807) is 13.2 Å². The Morgan fingerprint density at radius 2 is 1.84 bits per heavy atom. The molecule has 32 heavy (non-hydrogen) atoms. The average molecular weight is 492 g/mol. The molecule has 6 heteroatoms. The molecule has 0 aliphatic rings. The maximum atomic E-state index is 13.0. The normalized spacial score (nSPS) is 11.9. The minimum absolute atomic E-state index is 0.00399. The molecular weight excluding hydrogens is 466 g/mol. The van der Waals surface area contributed by atoms with Crippen molar-refractivity contribution in [2.45, 2.75) is 5.92 Å². The van der Waals surface area contributed by atoms with Crippen LogP contribution in [0.5, 0.6) is 5.75 Å². The van der Waals surface area contributed by atoms with Crippen LogP contribution in [0.25, 0.3) is 10.9 Å². The van der Waals surface area contributed by atoms with Gasteiger partial charge in [0.05, 0.1) is 12.7 Å². The predicted molar refractivity (Wildman–Crippen MR) is 134 cm³/mol. The monoisotopic (exact) mass is 491 g/mol. The van der Waals surface area contributed by atoms with Crippen molar-refractivity contribution in [2.75, 3.05) is 32.6 Å². The van der Waals surface area contributed by atoms with Crippen LogP contribution in [0.4, 0.5) is 5.69 Å². The Morgan fingerprint density at radius 1 is 1.09 bits per heavy atom. The summed E-state index contributed by atoms with van der Waals surface area (Å²) in [4.78, 5) is 18.5. The van der Waals surface area contributed by atoms with Gasteiger partial charge in [0.1, 0.15) is 5.75 Å². The highest BCUT2D eigenvalue weighted by molar-refractivity contribution is 9.10. The van der Waals surface area contributed by atoms with Gasteiger partial charge in [-0.1, -0.05) is 30.3 Å². The molecule has 0 saturated heterocycles. The van der Waals surface area contributed by atoms with E-state index < -0.39 is 0 Å². The molecule has 0 fully saturated rings. The highest BCUT2D eigenvalue weighted by Crippen LogP contribution is 2.32. The molecule has 0 aliphatic carbocycles. The number of aromatic amines is 1. The molecule has 4 aromatic rings. The Balaban J connectivity index is 1.66. The van der Waals surface area contributed by atoms with E-state index in [0.29, 0.717) is 17.9 Å². The smallest absolute Gasteiger partial charge is 0.252 e. The van der Waals surface area contributed by atoms with Crippen molar-refractivity contribution in [1.82, 2.24) is 10.3 Å². The topological polar surface area (TPSA) is 57.4 Å². The first-order valence-electron chi connectivity index (χ1n) is 10.4. The van der Waals surface area contributed by atoms with E-state index in [4.69, 9.17) is 4.74 Å². The fourth-order valence-electron chi connectivity index (χ4n) is 3.89. The van der Waals surface area contributed by atoms with Crippen LogP contribution in [0.2, 0.25) is 0 Å². The van der Waals surface area contributed by atoms with E-state index >= 15 is 0 Å². The first-order valence-corrected chi connectivity index (χ1v) is 11.2. The largest absolute Gasteiger partial charge is 0.497 e. The maximum Gasteiger partial charge on any atom is 0.252 e. The van der Waals surface area contributed by atoms with Crippen molar-refractivity contribution in [2.24, 2.45) is 0 Å². The number of carbonyl (C=O) groups is 1. The van der Waals surface area contributed by atoms with Crippen LogP contribution in [-0.2, 0) is 0 Å². The molecule has 4 rings (SSSR count). The number of methoxy groups -OCH3 is 1. The summed E-state index contributed by atoms with van der Waals surface area (Å²) in [6, 6.07) is 22.1. The maximum absolute atomic E-state index is 13.0. The summed E-state index contributed by atoms with van der Waals surface area (Å²) in [7, 11) is 5.64. The number of anilines is 1. The molecule has 1 unspecified atom stereocenters. The van der Waals surface area contributed by atoms with Crippen molar-refractivity contribution in [1.29, 1.82) is 0 Å². The predicted octanol–water partition coefficient (Wildman–Crippen LogP) is 5.57. The standard InChI is InChI=1S/C26H26BrN3O2/c1-30(2)18-10-8-17(9-11-18)22(23-16-28-25-7-5-4-6-20(23)25)15-29-26(31)21-14-19(32-3)12-13-24(21)27/h4-14,16,22,28H,15H2,1-3H3,(H,29,31). The minimum atomic E-state index is -0.148. The molecule has 1 aromatic heterocycles. The van der Waals surface area contributed by atoms with Crippen LogP contribution >= 0.6 is 15.9 Å². The van der Waals surface area contributed by atoms with Crippen molar-refractivity contribution < 1.29 is 9.53 Å². The summed E-state index contributed by atoms with van der Waals surface area (Å²) in [5.74, 6) is 0.493. The number of hydrogen-bond donors (Lipinski definition) is 2. The van der Waals surface area contributed by atoms with Crippen LogP contribution in [0.1, 0.15) is 27.4 Å². The van der Waals surface area contributed by atoms with Crippen molar-refractivity contribution in [3.8, 4) is 5.75 Å². The summed E-state index contributed by atoms with van der Waals surface area (Å²) < 4.78 is 6.01. The number of benzene rings is 3. The Bertz CT molecular complexity index is 1230. The summed E-state index contributed by atoms with van der Waals surface area (Å²) in [6.07, 6.45) is 2.04. The number of aromatic nitrogens is 1. The van der Waals surface area contributed by atoms with Crippen molar-refractivity contribution in [3.63, 3.8) is 0 Å². The quantitative estimate of drug-likeness (QED) is 0.355. The van der Waals surface area contributed by atoms with Gasteiger partial charge in [0.2, 0.25) is 0 Å². The van der Waals surface area contributed by atoms with Crippen LogP contribution in [0.15, 0.2) is 77.4 Å². The van der Waals surface area contributed by atoms with Gasteiger partial charge in [0, 0.05) is 53.8 Å². The number of rotatable bonds is 7. The Hall–Kier alpha value is -3.25. The molecule has 1 atom stereocenters. The summed E-state index contributed by atoms with van der Waals surface area (Å²) in [5, 5.41) is 4.29. The summed E-state index contributed by atoms with van der Waals surface area (Å²) in [6.45, 7) is 0.464. The fraction of sp³-hybridized carbons (Fsp3) is 0.192. The number of hydrogen-bond acceptors (Lipinski definition) is 3. The average Bonchev–Trinajstić information content (AvgIpc) is 3.24. The SMILES string of the molecule is COc1ccc(Br)c(C(=O)NCC(c2ccc(N(C)C)cc2)c2c[nH]c3ccccc23)c1. The first kappa shape index (κ1) is 22.0. The van der Waals surface area contributed by atoms with E-state index in [1.165, 1.54) is 0 Å². The first-order chi connectivity index (χ1) is 15.5. The van der Waals surface area contributed by atoms with E-state index in [2.05, 4.69) is 67.5 Å². The van der Waals surface area contributed by atoms with Gasteiger partial charge in [0.15, 0.2) is 0 Å². The highest BCUT2D eigenvalue weighted by atomic mass is 79.9. The van der Waals surface area contributed by atoms with E-state index in [9.17, 15) is 4.79 Å². The summed E-state index contributed by atoms with van der Waals surface area (Å²) in [5.41, 5.74) is 5.06. The van der Waals surface area contributed by atoms with Gasteiger partial charge < -0.3 is 19.9 Å². The number of para-hydroxylation sites is 1. The van der Waals surface area contributed by atoms with Crippen LogP contribution in [0, 0.1) is 0 Å². The lowest BCUT2D eigenvalue weighted by Crippen LogP contribution is -2.29. The number of carbonyl (C=O) groups excluding carboxylic acids is 1. The number of nitrogens with zero attached hydrogens (tertiary/aromatic N) is 1. The molecule has 164 valence electrons. The van der Waals surface area contributed by atoms with Gasteiger partial charge in [-0.15, -0.1) is 0 Å². The van der Waals surface area contributed by atoms with Crippen LogP contribution in [0.3, 0.4) is 0 Å². The zero-order valence-electron chi connectivity index (χ0n) is 18.4. The van der Waals surface area contributed by atoms with Crippen LogP contribution < -0.4 is 15.0 Å². The third-order valence-electron chi connectivity index (χ3n) is 5.69. The molecule has 0 spiro atoms. The Kier molecular flexibility index (Phi) is 6.51. The zero-order chi connectivity index (χ0) is 22.7. The molecule has 2 N–H and O–H groups in total. The van der Waals surface area contributed by atoms with Gasteiger partial charge in [-0.2, -0.15) is 0 Å². The third-order valence-corrected chi connectivity index (χ3v) is 6.38. The van der Waals surface area contributed by atoms with Crippen molar-refractivity contribution in [3.05, 3.63) is 94.1 Å². The Morgan fingerprint density at radius 3 is 2.56 bits per heavy atom. The van der Waals surface area contributed by atoms with E-state index in [-0.39, 0.29) is 11.8 Å². The summed E-state index contributed by atoms with van der Waals surface area (Å²) >= 11 is 3.48.